The summed E-state index contributed by atoms with van der Waals surface area (Å²) in [5.41, 5.74) is 2.19. The predicted octanol–water partition coefficient (Wildman–Crippen LogP) is 1.18. The monoisotopic (exact) mass is 297 g/mol. The molecule has 0 aromatic heterocycles. The molecule has 0 saturated carbocycles. The summed E-state index contributed by atoms with van der Waals surface area (Å²) in [4.78, 5) is 2.08. The van der Waals surface area contributed by atoms with Gasteiger partial charge in [-0.3, -0.25) is 0 Å². The van der Waals surface area contributed by atoms with Crippen molar-refractivity contribution in [1.29, 1.82) is 0 Å². The molecule has 1 aromatic carbocycles. The van der Waals surface area contributed by atoms with E-state index in [9.17, 15) is 8.42 Å². The van der Waals surface area contributed by atoms with Gasteiger partial charge in [-0.25, -0.2) is 0 Å². The van der Waals surface area contributed by atoms with Crippen molar-refractivity contribution in [1.82, 2.24) is 13.9 Å². The van der Waals surface area contributed by atoms with Crippen LogP contribution in [-0.2, 0) is 23.3 Å². The van der Waals surface area contributed by atoms with E-state index < -0.39 is 10.2 Å². The van der Waals surface area contributed by atoms with E-state index in [0.717, 1.165) is 30.5 Å². The van der Waals surface area contributed by atoms with Gasteiger partial charge < -0.3 is 4.90 Å². The van der Waals surface area contributed by atoms with E-state index in [4.69, 9.17) is 0 Å². The molecule has 5 nitrogen and oxygen atoms in total. The highest BCUT2D eigenvalue weighted by atomic mass is 32.2. The summed E-state index contributed by atoms with van der Waals surface area (Å²) < 4.78 is 28.5. The number of hydrogen-bond acceptors (Lipinski definition) is 3. The van der Waals surface area contributed by atoms with Gasteiger partial charge >= 0.3 is 0 Å². The normalized spacial score (nSPS) is 16.9. The maximum atomic E-state index is 12.1. The number of nitrogens with one attached hydrogen (secondary N) is 1. The van der Waals surface area contributed by atoms with E-state index in [0.29, 0.717) is 19.6 Å². The topological polar surface area (TPSA) is 52.7 Å². The van der Waals surface area contributed by atoms with E-state index in [1.165, 1.54) is 4.31 Å². The first-order valence-corrected chi connectivity index (χ1v) is 8.39. The van der Waals surface area contributed by atoms with Crippen LogP contribution in [0.1, 0.15) is 24.0 Å². The number of benzene rings is 1. The molecule has 20 heavy (non-hydrogen) atoms. The lowest BCUT2D eigenvalue weighted by molar-refractivity contribution is 0.400. The highest BCUT2D eigenvalue weighted by molar-refractivity contribution is 7.87. The summed E-state index contributed by atoms with van der Waals surface area (Å²) in [7, 11) is 0.677. The molecular weight excluding hydrogens is 274 g/mol. The molecule has 1 heterocycles. The van der Waals surface area contributed by atoms with Crippen LogP contribution in [0.4, 0.5) is 0 Å². The van der Waals surface area contributed by atoms with E-state index in [1.807, 2.05) is 38.4 Å². The van der Waals surface area contributed by atoms with Crippen LogP contribution in [0.25, 0.3) is 0 Å². The molecule has 0 aliphatic carbocycles. The second-order valence-electron chi connectivity index (χ2n) is 5.44. The van der Waals surface area contributed by atoms with Crippen molar-refractivity contribution in [3.8, 4) is 0 Å². The van der Waals surface area contributed by atoms with E-state index in [2.05, 4.69) is 9.62 Å². The van der Waals surface area contributed by atoms with Gasteiger partial charge in [0.1, 0.15) is 0 Å². The molecule has 0 unspecified atom stereocenters. The molecule has 112 valence electrons. The van der Waals surface area contributed by atoms with Crippen molar-refractivity contribution >= 4 is 10.2 Å². The zero-order valence-corrected chi connectivity index (χ0v) is 13.0. The van der Waals surface area contributed by atoms with Crippen molar-refractivity contribution in [2.24, 2.45) is 0 Å². The van der Waals surface area contributed by atoms with E-state index in [-0.39, 0.29) is 0 Å². The Labute approximate surface area is 121 Å². The van der Waals surface area contributed by atoms with Crippen LogP contribution in [0.15, 0.2) is 24.3 Å². The van der Waals surface area contributed by atoms with Crippen LogP contribution < -0.4 is 4.72 Å². The molecule has 1 aliphatic rings. The average Bonchev–Trinajstić information content (AvgIpc) is 2.92. The molecule has 0 radical (unpaired) electrons. The maximum Gasteiger partial charge on any atom is 0.279 e. The van der Waals surface area contributed by atoms with Gasteiger partial charge in [0.25, 0.3) is 10.2 Å². The third-order valence-electron chi connectivity index (χ3n) is 3.45. The smallest absolute Gasteiger partial charge is 0.279 e. The van der Waals surface area contributed by atoms with Gasteiger partial charge in [0.15, 0.2) is 0 Å². The van der Waals surface area contributed by atoms with Crippen molar-refractivity contribution in [2.45, 2.75) is 25.9 Å². The van der Waals surface area contributed by atoms with Gasteiger partial charge in [-0.05, 0) is 38.1 Å². The van der Waals surface area contributed by atoms with Crippen LogP contribution in [0.3, 0.4) is 0 Å². The Bertz CT molecular complexity index is 537. The number of hydrogen-bond donors (Lipinski definition) is 1. The minimum atomic E-state index is -3.33. The minimum absolute atomic E-state index is 0.350. The van der Waals surface area contributed by atoms with Crippen LogP contribution in [0, 0.1) is 0 Å². The van der Waals surface area contributed by atoms with Crippen LogP contribution >= 0.6 is 0 Å². The summed E-state index contributed by atoms with van der Waals surface area (Å²) >= 11 is 0. The van der Waals surface area contributed by atoms with Gasteiger partial charge in [0.2, 0.25) is 0 Å². The molecule has 2 rings (SSSR count). The molecule has 1 saturated heterocycles. The molecule has 1 aliphatic heterocycles. The van der Waals surface area contributed by atoms with Crippen molar-refractivity contribution in [3.63, 3.8) is 0 Å². The van der Waals surface area contributed by atoms with Crippen LogP contribution in [0.5, 0.6) is 0 Å². The van der Waals surface area contributed by atoms with Crippen molar-refractivity contribution in [2.75, 3.05) is 27.2 Å². The lowest BCUT2D eigenvalue weighted by atomic mass is 10.1. The summed E-state index contributed by atoms with van der Waals surface area (Å²) in [5, 5.41) is 0. The van der Waals surface area contributed by atoms with Gasteiger partial charge in [0, 0.05) is 26.2 Å². The maximum absolute atomic E-state index is 12.1. The Morgan fingerprint density at radius 2 is 1.75 bits per heavy atom. The molecule has 1 N–H and O–H groups in total. The third-order valence-corrected chi connectivity index (χ3v) is 5.01. The van der Waals surface area contributed by atoms with Crippen LogP contribution in [-0.4, -0.2) is 44.8 Å². The first kappa shape index (κ1) is 15.4. The molecule has 0 bridgehead atoms. The summed E-state index contributed by atoms with van der Waals surface area (Å²) in [6, 6.07) is 7.95. The molecule has 0 amide bonds. The van der Waals surface area contributed by atoms with Crippen molar-refractivity contribution < 1.29 is 8.42 Å². The second-order valence-corrected chi connectivity index (χ2v) is 7.19. The number of rotatable bonds is 6. The summed E-state index contributed by atoms with van der Waals surface area (Å²) in [5.74, 6) is 0. The van der Waals surface area contributed by atoms with Gasteiger partial charge in [-0.15, -0.1) is 0 Å². The Kier molecular flexibility index (Phi) is 5.15. The highest BCUT2D eigenvalue weighted by Gasteiger charge is 2.24. The first-order chi connectivity index (χ1) is 9.49. The Morgan fingerprint density at radius 3 is 2.35 bits per heavy atom. The van der Waals surface area contributed by atoms with E-state index in [1.54, 1.807) is 0 Å². The second kappa shape index (κ2) is 6.67. The fourth-order valence-electron chi connectivity index (χ4n) is 2.41. The van der Waals surface area contributed by atoms with E-state index >= 15 is 0 Å². The predicted molar refractivity (Wildman–Crippen MR) is 80.4 cm³/mol. The SMILES string of the molecule is CN(C)Cc1ccccc1CNS(=O)(=O)N1CCCC1. The quantitative estimate of drug-likeness (QED) is 0.858. The van der Waals surface area contributed by atoms with Gasteiger partial charge in [-0.1, -0.05) is 24.3 Å². The fourth-order valence-corrected chi connectivity index (χ4v) is 3.67. The van der Waals surface area contributed by atoms with Crippen LogP contribution in [0.2, 0.25) is 0 Å². The Morgan fingerprint density at radius 1 is 1.15 bits per heavy atom. The highest BCUT2D eigenvalue weighted by Crippen LogP contribution is 2.14. The van der Waals surface area contributed by atoms with Gasteiger partial charge in [0.05, 0.1) is 0 Å². The Hall–Kier alpha value is -0.950. The molecule has 1 aromatic rings. The standard InChI is InChI=1S/C14H23N3O2S/c1-16(2)12-14-8-4-3-7-13(14)11-15-20(18,19)17-9-5-6-10-17/h3-4,7-8,15H,5-6,9-12H2,1-2H3. The third kappa shape index (κ3) is 4.02. The summed E-state index contributed by atoms with van der Waals surface area (Å²) in [6.45, 7) is 2.42. The largest absolute Gasteiger partial charge is 0.305 e. The molecule has 0 spiro atoms. The lowest BCUT2D eigenvalue weighted by Gasteiger charge is -2.18. The van der Waals surface area contributed by atoms with Gasteiger partial charge in [-0.2, -0.15) is 17.4 Å². The lowest BCUT2D eigenvalue weighted by Crippen LogP contribution is -2.38. The molecular formula is C14H23N3O2S. The zero-order valence-electron chi connectivity index (χ0n) is 12.2. The molecule has 0 atom stereocenters. The minimum Gasteiger partial charge on any atom is -0.305 e. The average molecular weight is 297 g/mol. The molecule has 1 fully saturated rings. The molecule has 6 heteroatoms. The zero-order chi connectivity index (χ0) is 14.6. The first-order valence-electron chi connectivity index (χ1n) is 6.95. The number of nitrogens with zero attached hydrogens (tertiary/aromatic N) is 2. The summed E-state index contributed by atoms with van der Waals surface area (Å²) in [6.07, 6.45) is 1.91. The Balaban J connectivity index is 2.03. The van der Waals surface area contributed by atoms with Crippen molar-refractivity contribution in [3.05, 3.63) is 35.4 Å². The fraction of sp³-hybridized carbons (Fsp3) is 0.571.